The van der Waals surface area contributed by atoms with Gasteiger partial charge in [0.25, 0.3) is 17.7 Å². The summed E-state index contributed by atoms with van der Waals surface area (Å²) in [7, 11) is -3.64. The molecule has 1 N–H and O–H groups in total. The Bertz CT molecular complexity index is 1580. The summed E-state index contributed by atoms with van der Waals surface area (Å²) in [5.74, 6) is -3.58. The van der Waals surface area contributed by atoms with Crippen LogP contribution in [0.5, 0.6) is 11.6 Å². The van der Waals surface area contributed by atoms with Gasteiger partial charge in [-0.05, 0) is 62.1 Å². The third-order valence-corrected chi connectivity index (χ3v) is 7.24. The Kier molecular flexibility index (Phi) is 6.83. The lowest BCUT2D eigenvalue weighted by Crippen LogP contribution is -2.33. The molecule has 0 unspecified atom stereocenters. The van der Waals surface area contributed by atoms with E-state index in [-0.39, 0.29) is 16.3 Å². The van der Waals surface area contributed by atoms with E-state index in [1.807, 2.05) is 0 Å². The van der Waals surface area contributed by atoms with Gasteiger partial charge in [-0.15, -0.1) is 10.2 Å². The Morgan fingerprint density at radius 2 is 1.89 bits per heavy atom. The van der Waals surface area contributed by atoms with Crippen LogP contribution in [-0.4, -0.2) is 35.8 Å². The summed E-state index contributed by atoms with van der Waals surface area (Å²) in [6.45, 7) is 0.969. The number of sulfone groups is 1. The Hall–Kier alpha value is -4.12. The van der Waals surface area contributed by atoms with Gasteiger partial charge in [-0.2, -0.15) is 22.8 Å². The Morgan fingerprint density at radius 3 is 2.45 bits per heavy atom. The molecule has 0 bridgehead atoms. The monoisotopic (exact) mass is 549 g/mol. The molecule has 14 heteroatoms. The van der Waals surface area contributed by atoms with Gasteiger partial charge < -0.3 is 10.1 Å². The maximum Gasteiger partial charge on any atom is 0.435 e. The van der Waals surface area contributed by atoms with Crippen LogP contribution in [0.4, 0.5) is 23.2 Å². The molecule has 3 aromatic rings. The first kappa shape index (κ1) is 26.9. The molecule has 0 radical (unpaired) electrons. The fourth-order valence-corrected chi connectivity index (χ4v) is 4.60. The minimum atomic E-state index is -4.97. The van der Waals surface area contributed by atoms with Gasteiger partial charge in [0.05, 0.1) is 22.1 Å². The number of hydrogen-bond donors (Lipinski definition) is 1. The molecular weight excluding hydrogens is 530 g/mol. The summed E-state index contributed by atoms with van der Waals surface area (Å²) >= 11 is 0. The van der Waals surface area contributed by atoms with Crippen LogP contribution < -0.4 is 10.1 Å². The summed E-state index contributed by atoms with van der Waals surface area (Å²) in [5.41, 5.74) is -3.58. The van der Waals surface area contributed by atoms with Crippen molar-refractivity contribution in [1.29, 1.82) is 5.26 Å². The number of anilines is 1. The molecule has 0 saturated heterocycles. The molecule has 1 fully saturated rings. The standard InChI is InChI=1S/C24H19F4N5O4S/c1-13-18(21(34)30-14-5-3-6-15(11-14)38(2,35)36)22(33-32-19(13)24(26,27)28)37-16-7-8-17(31-20(16)25)23(12-29)9-4-10-23/h3,5-8,11H,4,9-10H2,1-2H3,(H,30,34). The minimum Gasteiger partial charge on any atom is -0.432 e. The lowest BCUT2D eigenvalue weighted by atomic mass is 9.67. The Labute approximate surface area is 214 Å². The summed E-state index contributed by atoms with van der Waals surface area (Å²) < 4.78 is 84.4. The molecule has 2 heterocycles. The highest BCUT2D eigenvalue weighted by atomic mass is 32.2. The zero-order chi connectivity index (χ0) is 27.9. The normalized spacial score (nSPS) is 14.8. The van der Waals surface area contributed by atoms with Gasteiger partial charge in [-0.25, -0.2) is 13.4 Å². The van der Waals surface area contributed by atoms with Crippen molar-refractivity contribution in [2.24, 2.45) is 0 Å². The molecule has 1 aliphatic carbocycles. The van der Waals surface area contributed by atoms with Gasteiger partial charge in [0, 0.05) is 11.9 Å². The number of nitrogens with one attached hydrogen (secondary N) is 1. The molecule has 1 aromatic carbocycles. The number of benzene rings is 1. The Balaban J connectivity index is 1.73. The fraction of sp³-hybridized carbons (Fsp3) is 0.292. The second-order valence-electron chi connectivity index (χ2n) is 8.74. The van der Waals surface area contributed by atoms with Crippen LogP contribution >= 0.6 is 0 Å². The number of nitrogens with zero attached hydrogens (tertiary/aromatic N) is 4. The second kappa shape index (κ2) is 9.64. The second-order valence-corrected chi connectivity index (χ2v) is 10.8. The zero-order valence-electron chi connectivity index (χ0n) is 19.9. The number of hydrogen-bond acceptors (Lipinski definition) is 8. The number of amides is 1. The third-order valence-electron chi connectivity index (χ3n) is 6.13. The zero-order valence-corrected chi connectivity index (χ0v) is 20.7. The van der Waals surface area contributed by atoms with Crippen molar-refractivity contribution in [2.45, 2.75) is 42.7 Å². The number of rotatable bonds is 6. The largest absolute Gasteiger partial charge is 0.435 e. The number of aromatic nitrogens is 3. The maximum atomic E-state index is 14.8. The SMILES string of the molecule is Cc1c(C(F)(F)F)nnc(Oc2ccc(C3(C#N)CCC3)nc2F)c1C(=O)Nc1cccc(S(C)(=O)=O)c1. The molecular formula is C24H19F4N5O4S. The summed E-state index contributed by atoms with van der Waals surface area (Å²) in [4.78, 5) is 16.8. The first-order valence-corrected chi connectivity index (χ1v) is 13.0. The highest BCUT2D eigenvalue weighted by Gasteiger charge is 2.41. The highest BCUT2D eigenvalue weighted by Crippen LogP contribution is 2.43. The fourth-order valence-electron chi connectivity index (χ4n) is 3.93. The van der Waals surface area contributed by atoms with Crippen LogP contribution in [0.3, 0.4) is 0 Å². The van der Waals surface area contributed by atoms with E-state index in [1.165, 1.54) is 24.3 Å². The number of pyridine rings is 1. The quantitative estimate of drug-likeness (QED) is 0.344. The summed E-state index contributed by atoms with van der Waals surface area (Å²) in [5, 5.41) is 18.3. The lowest BCUT2D eigenvalue weighted by Gasteiger charge is -2.34. The van der Waals surface area contributed by atoms with Crippen LogP contribution in [0.25, 0.3) is 0 Å². The molecule has 0 aliphatic heterocycles. The van der Waals surface area contributed by atoms with Gasteiger partial charge >= 0.3 is 6.18 Å². The van der Waals surface area contributed by atoms with E-state index in [4.69, 9.17) is 4.74 Å². The minimum absolute atomic E-state index is 0.0341. The molecule has 0 atom stereocenters. The van der Waals surface area contributed by atoms with Crippen molar-refractivity contribution in [3.8, 4) is 17.7 Å². The third kappa shape index (κ3) is 5.14. The van der Waals surface area contributed by atoms with Crippen LogP contribution in [0.1, 0.15) is 46.6 Å². The van der Waals surface area contributed by atoms with Crippen molar-refractivity contribution in [2.75, 3.05) is 11.6 Å². The van der Waals surface area contributed by atoms with Crippen molar-refractivity contribution >= 4 is 21.4 Å². The number of carbonyl (C=O) groups excluding carboxylic acids is 1. The van der Waals surface area contributed by atoms with Crippen molar-refractivity contribution in [1.82, 2.24) is 15.2 Å². The van der Waals surface area contributed by atoms with Crippen LogP contribution in [0.2, 0.25) is 0 Å². The molecule has 1 saturated carbocycles. The summed E-state index contributed by atoms with van der Waals surface area (Å²) in [6.07, 6.45) is -2.23. The number of ether oxygens (including phenoxy) is 1. The number of halogens is 4. The average molecular weight is 550 g/mol. The van der Waals surface area contributed by atoms with E-state index in [2.05, 4.69) is 26.6 Å². The van der Waals surface area contributed by atoms with Crippen molar-refractivity contribution in [3.05, 3.63) is 64.9 Å². The topological polar surface area (TPSA) is 135 Å². The molecule has 38 heavy (non-hydrogen) atoms. The van der Waals surface area contributed by atoms with E-state index in [1.54, 1.807) is 0 Å². The van der Waals surface area contributed by atoms with E-state index in [0.717, 1.165) is 31.7 Å². The van der Waals surface area contributed by atoms with Gasteiger partial charge in [-0.3, -0.25) is 4.79 Å². The van der Waals surface area contributed by atoms with Crippen LogP contribution in [-0.2, 0) is 21.4 Å². The van der Waals surface area contributed by atoms with Crippen molar-refractivity contribution in [3.63, 3.8) is 0 Å². The van der Waals surface area contributed by atoms with Crippen LogP contribution in [0, 0.1) is 24.2 Å². The van der Waals surface area contributed by atoms with Gasteiger partial charge in [0.15, 0.2) is 21.3 Å². The average Bonchev–Trinajstić information content (AvgIpc) is 2.79. The Morgan fingerprint density at radius 1 is 1.18 bits per heavy atom. The predicted molar refractivity (Wildman–Crippen MR) is 125 cm³/mol. The van der Waals surface area contributed by atoms with Crippen LogP contribution in [0.15, 0.2) is 41.3 Å². The van der Waals surface area contributed by atoms with E-state index in [0.29, 0.717) is 12.8 Å². The molecule has 1 amide bonds. The van der Waals surface area contributed by atoms with Gasteiger partial charge in [0.2, 0.25) is 0 Å². The first-order chi connectivity index (χ1) is 17.7. The smallest absolute Gasteiger partial charge is 0.432 e. The molecule has 198 valence electrons. The molecule has 4 rings (SSSR count). The van der Waals surface area contributed by atoms with Gasteiger partial charge in [-0.1, -0.05) is 6.07 Å². The van der Waals surface area contributed by atoms with Crippen molar-refractivity contribution < 1.29 is 35.5 Å². The van der Waals surface area contributed by atoms with E-state index < -0.39 is 61.7 Å². The van der Waals surface area contributed by atoms with Gasteiger partial charge in [0.1, 0.15) is 5.56 Å². The van der Waals surface area contributed by atoms with E-state index >= 15 is 0 Å². The molecule has 2 aromatic heterocycles. The molecule has 0 spiro atoms. The lowest BCUT2D eigenvalue weighted by molar-refractivity contribution is -0.142. The number of carbonyl (C=O) groups is 1. The molecule has 9 nitrogen and oxygen atoms in total. The molecule has 1 aliphatic rings. The highest BCUT2D eigenvalue weighted by molar-refractivity contribution is 7.90. The predicted octanol–water partition coefficient (Wildman–Crippen LogP) is 4.73. The first-order valence-electron chi connectivity index (χ1n) is 11.1. The number of nitriles is 1. The van der Waals surface area contributed by atoms with E-state index in [9.17, 15) is 36.0 Å². The number of alkyl halides is 3. The summed E-state index contributed by atoms with van der Waals surface area (Å²) in [6, 6.07) is 9.69. The maximum absolute atomic E-state index is 14.8.